The molecule has 0 aromatic heterocycles. The molecule has 0 aliphatic carbocycles. The number of ether oxygens (including phenoxy) is 3. The second-order valence-electron chi connectivity index (χ2n) is 5.90. The Hall–Kier alpha value is -3.28. The van der Waals surface area contributed by atoms with Gasteiger partial charge in [-0.1, -0.05) is 30.3 Å². The normalized spacial score (nSPS) is 11.7. The summed E-state index contributed by atoms with van der Waals surface area (Å²) in [6, 6.07) is 14.1. The van der Waals surface area contributed by atoms with Crippen molar-refractivity contribution >= 4 is 18.0 Å². The van der Waals surface area contributed by atoms with E-state index in [1.54, 1.807) is 69.7 Å². The number of hydrogen-bond acceptors (Lipinski definition) is 5. The van der Waals surface area contributed by atoms with Crippen LogP contribution >= 0.6 is 0 Å². The molecule has 0 unspecified atom stereocenters. The predicted molar refractivity (Wildman–Crippen MR) is 103 cm³/mol. The highest BCUT2D eigenvalue weighted by molar-refractivity contribution is 5.91. The van der Waals surface area contributed by atoms with Crippen LogP contribution in [0.5, 0.6) is 11.5 Å². The van der Waals surface area contributed by atoms with Crippen LogP contribution in [0.3, 0.4) is 0 Å². The monoisotopic (exact) mass is 369 g/mol. The molecule has 6 heteroatoms. The molecule has 142 valence electrons. The number of methoxy groups -OCH3 is 2. The molecule has 0 saturated carbocycles. The largest absolute Gasteiger partial charge is 0.497 e. The third kappa shape index (κ3) is 5.34. The number of carbonyl (C=O) groups excluding carboxylic acids is 2. The third-order valence-corrected chi connectivity index (χ3v) is 3.84. The first-order valence-corrected chi connectivity index (χ1v) is 8.33. The van der Waals surface area contributed by atoms with Gasteiger partial charge in [0.05, 0.1) is 14.2 Å². The van der Waals surface area contributed by atoms with E-state index >= 15 is 0 Å². The van der Waals surface area contributed by atoms with Crippen molar-refractivity contribution in [1.82, 2.24) is 4.90 Å². The van der Waals surface area contributed by atoms with E-state index in [0.717, 1.165) is 0 Å². The summed E-state index contributed by atoms with van der Waals surface area (Å²) in [5, 5.41) is 0. The Labute approximate surface area is 159 Å². The molecule has 1 amide bonds. The van der Waals surface area contributed by atoms with Crippen LogP contribution < -0.4 is 9.47 Å². The third-order valence-electron chi connectivity index (χ3n) is 3.84. The highest BCUT2D eigenvalue weighted by Gasteiger charge is 2.25. The van der Waals surface area contributed by atoms with Crippen LogP contribution in [-0.2, 0) is 14.3 Å². The highest BCUT2D eigenvalue weighted by Crippen LogP contribution is 2.26. The van der Waals surface area contributed by atoms with Gasteiger partial charge in [0.2, 0.25) is 6.10 Å². The van der Waals surface area contributed by atoms with E-state index in [4.69, 9.17) is 14.2 Å². The minimum atomic E-state index is -1.00. The molecular weight excluding hydrogens is 346 g/mol. The lowest BCUT2D eigenvalue weighted by molar-refractivity contribution is -0.155. The Balaban J connectivity index is 2.18. The Morgan fingerprint density at radius 3 is 2.30 bits per heavy atom. The summed E-state index contributed by atoms with van der Waals surface area (Å²) in [7, 11) is 6.33. The molecule has 0 N–H and O–H groups in total. The van der Waals surface area contributed by atoms with Gasteiger partial charge in [0.1, 0.15) is 11.5 Å². The van der Waals surface area contributed by atoms with Gasteiger partial charge in [-0.3, -0.25) is 4.79 Å². The molecule has 0 radical (unpaired) electrons. The molecule has 0 fully saturated rings. The highest BCUT2D eigenvalue weighted by atomic mass is 16.5. The smallest absolute Gasteiger partial charge is 0.331 e. The van der Waals surface area contributed by atoms with E-state index in [0.29, 0.717) is 22.6 Å². The van der Waals surface area contributed by atoms with Crippen LogP contribution in [0.25, 0.3) is 6.08 Å². The van der Waals surface area contributed by atoms with Gasteiger partial charge in [0, 0.05) is 37.4 Å². The van der Waals surface area contributed by atoms with E-state index in [1.165, 1.54) is 18.1 Å². The molecule has 27 heavy (non-hydrogen) atoms. The Morgan fingerprint density at radius 2 is 1.70 bits per heavy atom. The van der Waals surface area contributed by atoms with Crippen molar-refractivity contribution in [3.8, 4) is 11.5 Å². The molecule has 2 rings (SSSR count). The van der Waals surface area contributed by atoms with Crippen molar-refractivity contribution < 1.29 is 23.8 Å². The number of nitrogens with zero attached hydrogens (tertiary/aromatic N) is 1. The zero-order valence-electron chi connectivity index (χ0n) is 15.8. The lowest BCUT2D eigenvalue weighted by atomic mass is 10.1. The van der Waals surface area contributed by atoms with E-state index < -0.39 is 12.1 Å². The summed E-state index contributed by atoms with van der Waals surface area (Å²) in [6.07, 6.45) is 1.84. The van der Waals surface area contributed by atoms with Gasteiger partial charge in [-0.25, -0.2) is 4.79 Å². The zero-order valence-corrected chi connectivity index (χ0v) is 15.8. The molecule has 0 aliphatic heterocycles. The maximum Gasteiger partial charge on any atom is 0.331 e. The minimum Gasteiger partial charge on any atom is -0.497 e. The average molecular weight is 369 g/mol. The maximum absolute atomic E-state index is 12.4. The number of esters is 1. The summed E-state index contributed by atoms with van der Waals surface area (Å²) in [5.74, 6) is 0.261. The number of rotatable bonds is 7. The van der Waals surface area contributed by atoms with Crippen molar-refractivity contribution in [2.75, 3.05) is 28.3 Å². The van der Waals surface area contributed by atoms with Gasteiger partial charge in [-0.2, -0.15) is 0 Å². The molecular formula is C21H23NO5. The fraction of sp³-hybridized carbons (Fsp3) is 0.238. The molecule has 0 spiro atoms. The van der Waals surface area contributed by atoms with Crippen molar-refractivity contribution in [1.29, 1.82) is 0 Å². The Morgan fingerprint density at radius 1 is 1.00 bits per heavy atom. The number of amides is 1. The fourth-order valence-corrected chi connectivity index (χ4v) is 2.39. The number of likely N-dealkylation sites (N-methyl/N-ethyl adjacent to an activating group) is 1. The van der Waals surface area contributed by atoms with Crippen LogP contribution in [-0.4, -0.2) is 45.1 Å². The predicted octanol–water partition coefficient (Wildman–Crippen LogP) is 3.09. The number of carbonyl (C=O) groups is 2. The van der Waals surface area contributed by atoms with Gasteiger partial charge in [-0.05, 0) is 18.2 Å². The first kappa shape index (κ1) is 20.0. The first-order valence-electron chi connectivity index (χ1n) is 8.33. The van der Waals surface area contributed by atoms with Crippen molar-refractivity contribution in [3.63, 3.8) is 0 Å². The van der Waals surface area contributed by atoms with E-state index in [2.05, 4.69) is 0 Å². The lowest BCUT2D eigenvalue weighted by Crippen LogP contribution is -2.30. The van der Waals surface area contributed by atoms with Crippen molar-refractivity contribution in [2.24, 2.45) is 0 Å². The molecule has 1 atom stereocenters. The van der Waals surface area contributed by atoms with E-state index in [1.807, 2.05) is 6.07 Å². The summed E-state index contributed by atoms with van der Waals surface area (Å²) in [5.41, 5.74) is 1.30. The summed E-state index contributed by atoms with van der Waals surface area (Å²) < 4.78 is 15.9. The molecule has 0 heterocycles. The summed E-state index contributed by atoms with van der Waals surface area (Å²) >= 11 is 0. The molecule has 6 nitrogen and oxygen atoms in total. The quantitative estimate of drug-likeness (QED) is 0.554. The summed E-state index contributed by atoms with van der Waals surface area (Å²) in [4.78, 5) is 26.1. The van der Waals surface area contributed by atoms with E-state index in [9.17, 15) is 9.59 Å². The molecule has 0 aliphatic rings. The van der Waals surface area contributed by atoms with Crippen molar-refractivity contribution in [3.05, 3.63) is 65.7 Å². The van der Waals surface area contributed by atoms with Crippen LogP contribution in [0.15, 0.2) is 54.6 Å². The fourth-order valence-electron chi connectivity index (χ4n) is 2.39. The number of hydrogen-bond donors (Lipinski definition) is 0. The zero-order chi connectivity index (χ0) is 19.8. The van der Waals surface area contributed by atoms with Gasteiger partial charge in [0.15, 0.2) is 0 Å². The van der Waals surface area contributed by atoms with Crippen LogP contribution in [0.1, 0.15) is 17.2 Å². The standard InChI is InChI=1S/C21H23NO5/c1-22(2)21(24)20(16-8-6-5-7-9-16)27-19(23)13-11-15-10-12-17(25-3)14-18(15)26-4/h5-14,20H,1-4H3/b13-11+/t20-/m1/s1. The minimum absolute atomic E-state index is 0.315. The van der Waals surface area contributed by atoms with Gasteiger partial charge in [0.25, 0.3) is 5.91 Å². The van der Waals surface area contributed by atoms with Gasteiger partial charge in [-0.15, -0.1) is 0 Å². The van der Waals surface area contributed by atoms with E-state index in [-0.39, 0.29) is 5.91 Å². The topological polar surface area (TPSA) is 65.1 Å². The molecule has 2 aromatic rings. The lowest BCUT2D eigenvalue weighted by Gasteiger charge is -2.20. The maximum atomic E-state index is 12.4. The SMILES string of the molecule is COc1ccc(/C=C/C(=O)O[C@@H](C(=O)N(C)C)c2ccccc2)c(OC)c1. The first-order chi connectivity index (χ1) is 13.0. The van der Waals surface area contributed by atoms with Gasteiger partial charge < -0.3 is 19.1 Å². The second-order valence-corrected chi connectivity index (χ2v) is 5.90. The molecule has 0 saturated heterocycles. The second kappa shape index (κ2) is 9.43. The Kier molecular flexibility index (Phi) is 7.00. The van der Waals surface area contributed by atoms with Gasteiger partial charge >= 0.3 is 5.97 Å². The summed E-state index contributed by atoms with van der Waals surface area (Å²) in [6.45, 7) is 0. The Bertz CT molecular complexity index is 815. The number of benzene rings is 2. The van der Waals surface area contributed by atoms with Crippen LogP contribution in [0.2, 0.25) is 0 Å². The van der Waals surface area contributed by atoms with Crippen LogP contribution in [0.4, 0.5) is 0 Å². The molecule has 0 bridgehead atoms. The average Bonchev–Trinajstić information content (AvgIpc) is 2.70. The van der Waals surface area contributed by atoms with Crippen molar-refractivity contribution in [2.45, 2.75) is 6.10 Å². The van der Waals surface area contributed by atoms with Crippen LogP contribution in [0, 0.1) is 0 Å². The molecule has 2 aromatic carbocycles.